The molecule has 1 fully saturated rings. The van der Waals surface area contributed by atoms with Crippen LogP contribution in [0.4, 0.5) is 0 Å². The smallest absolute Gasteiger partial charge is 0.221 e. The van der Waals surface area contributed by atoms with E-state index in [1.165, 1.54) is 22.9 Å². The van der Waals surface area contributed by atoms with Gasteiger partial charge in [-0.2, -0.15) is 0 Å². The molecule has 0 atom stereocenters. The maximum absolute atomic E-state index is 11.6. The lowest BCUT2D eigenvalue weighted by atomic mass is 9.96. The summed E-state index contributed by atoms with van der Waals surface area (Å²) in [6, 6.07) is 8.41. The predicted octanol–water partition coefficient (Wildman–Crippen LogP) is 3.18. The summed E-state index contributed by atoms with van der Waals surface area (Å²) in [6.45, 7) is 4.21. The highest BCUT2D eigenvalue weighted by Crippen LogP contribution is 2.49. The van der Waals surface area contributed by atoms with Gasteiger partial charge < -0.3 is 16.0 Å². The molecule has 1 aromatic rings. The molecule has 1 amide bonds. The summed E-state index contributed by atoms with van der Waals surface area (Å²) in [5, 5.41) is 9.48. The molecule has 2 rings (SSSR count). The van der Waals surface area contributed by atoms with Crippen molar-refractivity contribution in [2.45, 2.75) is 38.0 Å². The van der Waals surface area contributed by atoms with Gasteiger partial charge in [-0.3, -0.25) is 9.79 Å². The van der Waals surface area contributed by atoms with E-state index >= 15 is 0 Å². The molecule has 7 heteroatoms. The number of carbonyl (C=O) groups excluding carboxylic acids is 1. The van der Waals surface area contributed by atoms with Gasteiger partial charge in [-0.15, -0.1) is 24.0 Å². The zero-order valence-electron chi connectivity index (χ0n) is 14.9. The zero-order chi connectivity index (χ0) is 17.4. The molecule has 25 heavy (non-hydrogen) atoms. The van der Waals surface area contributed by atoms with E-state index < -0.39 is 0 Å². The van der Waals surface area contributed by atoms with E-state index in [2.05, 4.69) is 55.1 Å². The second kappa shape index (κ2) is 11.0. The number of benzene rings is 1. The molecule has 1 aromatic carbocycles. The van der Waals surface area contributed by atoms with Crippen LogP contribution in [0.1, 0.15) is 38.2 Å². The van der Waals surface area contributed by atoms with Crippen molar-refractivity contribution in [3.63, 3.8) is 0 Å². The first-order chi connectivity index (χ1) is 11.6. The molecule has 0 saturated heterocycles. The van der Waals surface area contributed by atoms with Crippen molar-refractivity contribution < 1.29 is 4.79 Å². The maximum Gasteiger partial charge on any atom is 0.221 e. The summed E-state index contributed by atoms with van der Waals surface area (Å²) in [4.78, 5) is 15.8. The third-order valence-corrected chi connectivity index (χ3v) is 5.02. The number of hydrogen-bond acceptors (Lipinski definition) is 2. The number of hydrogen-bond donors (Lipinski definition) is 3. The number of guanidine groups is 1. The van der Waals surface area contributed by atoms with Crippen LogP contribution in [0, 0.1) is 0 Å². The fourth-order valence-corrected chi connectivity index (χ4v) is 3.41. The molecule has 1 aliphatic carbocycles. The highest BCUT2D eigenvalue weighted by atomic mass is 127. The van der Waals surface area contributed by atoms with Crippen molar-refractivity contribution in [2.75, 3.05) is 26.7 Å². The summed E-state index contributed by atoms with van der Waals surface area (Å²) in [6.07, 6.45) is 3.77. The highest BCUT2D eigenvalue weighted by Gasteiger charge is 2.45. The normalized spacial score (nSPS) is 15.1. The Hall–Kier alpha value is -0.830. The Balaban J connectivity index is 0.00000312. The van der Waals surface area contributed by atoms with E-state index in [1.54, 1.807) is 7.05 Å². The van der Waals surface area contributed by atoms with Crippen molar-refractivity contribution >= 4 is 51.8 Å². The van der Waals surface area contributed by atoms with Crippen LogP contribution in [0.5, 0.6) is 0 Å². The standard InChI is InChI=1S/C18H27BrN4O.HI/c1-3-11-21-16(24)8-12-22-17(20-2)23-13-18(9-10-18)14-6-4-5-7-15(14)19;/h4-7H,3,8-13H2,1-2H3,(H,21,24)(H2,20,22,23);1H. The summed E-state index contributed by atoms with van der Waals surface area (Å²) in [5.74, 6) is 0.823. The van der Waals surface area contributed by atoms with Crippen molar-refractivity contribution in [3.05, 3.63) is 34.3 Å². The fraction of sp³-hybridized carbons (Fsp3) is 0.556. The molecule has 1 aliphatic rings. The van der Waals surface area contributed by atoms with Gasteiger partial charge in [0.05, 0.1) is 0 Å². The van der Waals surface area contributed by atoms with E-state index in [4.69, 9.17) is 0 Å². The Labute approximate surface area is 176 Å². The summed E-state index contributed by atoms with van der Waals surface area (Å²) in [5.41, 5.74) is 1.54. The van der Waals surface area contributed by atoms with E-state index in [0.29, 0.717) is 13.0 Å². The van der Waals surface area contributed by atoms with Gasteiger partial charge in [-0.1, -0.05) is 41.1 Å². The topological polar surface area (TPSA) is 65.5 Å². The molecule has 0 aromatic heterocycles. The van der Waals surface area contributed by atoms with Crippen LogP contribution >= 0.6 is 39.9 Å². The van der Waals surface area contributed by atoms with E-state index in [-0.39, 0.29) is 35.3 Å². The van der Waals surface area contributed by atoms with Crippen LogP contribution in [0.25, 0.3) is 0 Å². The number of halogens is 2. The Bertz CT molecular complexity index is 590. The molecular formula is C18H28BrIN4O. The van der Waals surface area contributed by atoms with Gasteiger partial charge in [0.15, 0.2) is 5.96 Å². The van der Waals surface area contributed by atoms with Crippen molar-refractivity contribution in [3.8, 4) is 0 Å². The van der Waals surface area contributed by atoms with Crippen LogP contribution in [-0.4, -0.2) is 38.5 Å². The molecule has 0 radical (unpaired) electrons. The van der Waals surface area contributed by atoms with Gasteiger partial charge in [0.1, 0.15) is 0 Å². The molecular weight excluding hydrogens is 495 g/mol. The molecule has 3 N–H and O–H groups in total. The second-order valence-electron chi connectivity index (χ2n) is 6.21. The van der Waals surface area contributed by atoms with Gasteiger partial charge >= 0.3 is 0 Å². The number of amides is 1. The lowest BCUT2D eigenvalue weighted by Crippen LogP contribution is -2.42. The lowest BCUT2D eigenvalue weighted by Gasteiger charge is -2.20. The van der Waals surface area contributed by atoms with Gasteiger partial charge in [-0.25, -0.2) is 0 Å². The van der Waals surface area contributed by atoms with Gasteiger partial charge in [0.25, 0.3) is 0 Å². The van der Waals surface area contributed by atoms with Crippen LogP contribution in [0.15, 0.2) is 33.7 Å². The third kappa shape index (κ3) is 6.77. The second-order valence-corrected chi connectivity index (χ2v) is 7.07. The first-order valence-corrected chi connectivity index (χ1v) is 9.37. The average Bonchev–Trinajstić information content (AvgIpc) is 3.37. The molecule has 5 nitrogen and oxygen atoms in total. The summed E-state index contributed by atoms with van der Waals surface area (Å²) >= 11 is 3.66. The first kappa shape index (κ1) is 22.2. The maximum atomic E-state index is 11.6. The molecule has 140 valence electrons. The minimum atomic E-state index is 0. The molecule has 0 spiro atoms. The van der Waals surface area contributed by atoms with Crippen molar-refractivity contribution in [1.82, 2.24) is 16.0 Å². The first-order valence-electron chi connectivity index (χ1n) is 8.57. The van der Waals surface area contributed by atoms with Crippen LogP contribution in [0.2, 0.25) is 0 Å². The van der Waals surface area contributed by atoms with Gasteiger partial charge in [-0.05, 0) is 30.9 Å². The third-order valence-electron chi connectivity index (χ3n) is 4.33. The van der Waals surface area contributed by atoms with Crippen LogP contribution in [0.3, 0.4) is 0 Å². The lowest BCUT2D eigenvalue weighted by molar-refractivity contribution is -0.120. The highest BCUT2D eigenvalue weighted by molar-refractivity contribution is 14.0. The number of nitrogens with zero attached hydrogens (tertiary/aromatic N) is 1. The molecule has 0 heterocycles. The zero-order valence-corrected chi connectivity index (χ0v) is 18.8. The van der Waals surface area contributed by atoms with E-state index in [9.17, 15) is 4.79 Å². The SMILES string of the molecule is CCCNC(=O)CCNC(=NC)NCC1(c2ccccc2Br)CC1.I. The molecule has 0 aliphatic heterocycles. The van der Waals surface area contributed by atoms with Gasteiger partial charge in [0.2, 0.25) is 5.91 Å². The number of rotatable bonds is 8. The Morgan fingerprint density at radius 2 is 1.92 bits per heavy atom. The fourth-order valence-electron chi connectivity index (χ4n) is 2.70. The Morgan fingerprint density at radius 1 is 1.20 bits per heavy atom. The quantitative estimate of drug-likeness (QED) is 0.279. The van der Waals surface area contributed by atoms with Crippen molar-refractivity contribution in [1.29, 1.82) is 0 Å². The largest absolute Gasteiger partial charge is 0.356 e. The molecule has 0 unspecified atom stereocenters. The predicted molar refractivity (Wildman–Crippen MR) is 118 cm³/mol. The number of carbonyl (C=O) groups is 1. The molecule has 0 bridgehead atoms. The average molecular weight is 523 g/mol. The summed E-state index contributed by atoms with van der Waals surface area (Å²) in [7, 11) is 1.75. The van der Waals surface area contributed by atoms with Crippen molar-refractivity contribution in [2.24, 2.45) is 4.99 Å². The van der Waals surface area contributed by atoms with Crippen LogP contribution in [-0.2, 0) is 10.2 Å². The monoisotopic (exact) mass is 522 g/mol. The Kier molecular flexibility index (Phi) is 9.78. The number of nitrogens with one attached hydrogen (secondary N) is 3. The van der Waals surface area contributed by atoms with Gasteiger partial charge in [0, 0.05) is 43.0 Å². The number of aliphatic imine (C=N–C) groups is 1. The van der Waals surface area contributed by atoms with E-state index in [1.807, 2.05) is 13.0 Å². The minimum Gasteiger partial charge on any atom is -0.356 e. The van der Waals surface area contributed by atoms with Crippen LogP contribution < -0.4 is 16.0 Å². The minimum absolute atomic E-state index is 0. The molecule has 1 saturated carbocycles. The summed E-state index contributed by atoms with van der Waals surface area (Å²) < 4.78 is 1.17. The Morgan fingerprint density at radius 3 is 2.52 bits per heavy atom. The van der Waals surface area contributed by atoms with E-state index in [0.717, 1.165) is 25.5 Å².